The van der Waals surface area contributed by atoms with Crippen molar-refractivity contribution in [1.82, 2.24) is 5.32 Å². The molecule has 35 heavy (non-hydrogen) atoms. The van der Waals surface area contributed by atoms with Gasteiger partial charge in [-0.05, 0) is 80.5 Å². The fourth-order valence-corrected chi connectivity index (χ4v) is 4.32. The minimum atomic E-state index is -1.54. The third-order valence-electron chi connectivity index (χ3n) is 5.91. The van der Waals surface area contributed by atoms with E-state index in [2.05, 4.69) is 10.6 Å². The average Bonchev–Trinajstić information content (AvgIpc) is 3.23. The number of carboxylic acids is 2. The van der Waals surface area contributed by atoms with E-state index >= 15 is 0 Å². The van der Waals surface area contributed by atoms with Crippen LogP contribution in [0.5, 0.6) is 5.75 Å². The molecule has 4 N–H and O–H groups in total. The quantitative estimate of drug-likeness (QED) is 0.407. The molecule has 1 aliphatic carbocycles. The first kappa shape index (κ1) is 25.7. The summed E-state index contributed by atoms with van der Waals surface area (Å²) in [6, 6.07) is 11.1. The van der Waals surface area contributed by atoms with Crippen LogP contribution in [0, 0.1) is 13.8 Å². The van der Waals surface area contributed by atoms with Crippen molar-refractivity contribution in [3.8, 4) is 5.75 Å². The first-order valence-electron chi connectivity index (χ1n) is 11.5. The molecule has 3 rings (SSSR count). The molecule has 9 nitrogen and oxygen atoms in total. The minimum Gasteiger partial charge on any atom is -0.481 e. The number of carboxylic acid groups (broad SMARTS) is 2. The number of ether oxygens (including phenoxy) is 1. The molecule has 2 aromatic rings. The van der Waals surface area contributed by atoms with Crippen LogP contribution >= 0.6 is 0 Å². The zero-order chi connectivity index (χ0) is 25.6. The van der Waals surface area contributed by atoms with Gasteiger partial charge in [0.2, 0.25) is 5.91 Å². The van der Waals surface area contributed by atoms with E-state index in [1.165, 1.54) is 0 Å². The van der Waals surface area contributed by atoms with Gasteiger partial charge in [0, 0.05) is 5.69 Å². The van der Waals surface area contributed by atoms with Crippen molar-refractivity contribution in [3.63, 3.8) is 0 Å². The van der Waals surface area contributed by atoms with E-state index in [-0.39, 0.29) is 12.3 Å². The second-order valence-corrected chi connectivity index (χ2v) is 9.01. The number of hydrogen-bond donors (Lipinski definition) is 4. The lowest BCUT2D eigenvalue weighted by atomic mass is 9.99. The highest BCUT2D eigenvalue weighted by molar-refractivity contribution is 5.93. The highest BCUT2D eigenvalue weighted by Crippen LogP contribution is 2.35. The highest BCUT2D eigenvalue weighted by Gasteiger charge is 2.45. The summed E-state index contributed by atoms with van der Waals surface area (Å²) in [4.78, 5) is 47.7. The Morgan fingerprint density at radius 3 is 2.11 bits per heavy atom. The largest absolute Gasteiger partial charge is 0.481 e. The van der Waals surface area contributed by atoms with Gasteiger partial charge in [-0.3, -0.25) is 14.4 Å². The van der Waals surface area contributed by atoms with Crippen LogP contribution in [0.2, 0.25) is 0 Å². The van der Waals surface area contributed by atoms with Gasteiger partial charge in [0.15, 0.2) is 5.60 Å². The molecule has 2 amide bonds. The smallest absolute Gasteiger partial charge is 0.326 e. The zero-order valence-corrected chi connectivity index (χ0v) is 19.8. The third-order valence-corrected chi connectivity index (χ3v) is 5.91. The van der Waals surface area contributed by atoms with Crippen LogP contribution in [0.4, 0.5) is 5.69 Å². The van der Waals surface area contributed by atoms with Gasteiger partial charge in [-0.1, -0.05) is 18.2 Å². The number of carbonyl (C=O) groups excluding carboxylic acids is 2. The lowest BCUT2D eigenvalue weighted by molar-refractivity contribution is -0.149. The molecule has 1 saturated carbocycles. The molecule has 0 aromatic heterocycles. The van der Waals surface area contributed by atoms with E-state index in [0.29, 0.717) is 18.6 Å². The number of hydrogen-bond acceptors (Lipinski definition) is 5. The Morgan fingerprint density at radius 2 is 1.57 bits per heavy atom. The molecule has 1 atom stereocenters. The summed E-state index contributed by atoms with van der Waals surface area (Å²) in [5, 5.41) is 23.4. The summed E-state index contributed by atoms with van der Waals surface area (Å²) in [6.07, 6.45) is 1.66. The molecule has 0 unspecified atom stereocenters. The summed E-state index contributed by atoms with van der Waals surface area (Å²) in [5.41, 5.74) is 2.35. The van der Waals surface area contributed by atoms with Crippen LogP contribution in [0.1, 0.15) is 48.8 Å². The fourth-order valence-electron chi connectivity index (χ4n) is 4.32. The molecule has 0 radical (unpaired) electrons. The Labute approximate surface area is 203 Å². The molecule has 0 spiro atoms. The van der Waals surface area contributed by atoms with E-state index in [0.717, 1.165) is 35.2 Å². The number of carbonyl (C=O) groups is 4. The van der Waals surface area contributed by atoms with Gasteiger partial charge in [0.25, 0.3) is 5.91 Å². The minimum absolute atomic E-state index is 0.159. The second-order valence-electron chi connectivity index (χ2n) is 9.01. The summed E-state index contributed by atoms with van der Waals surface area (Å²) >= 11 is 0. The van der Waals surface area contributed by atoms with Gasteiger partial charge in [0.1, 0.15) is 11.8 Å². The lowest BCUT2D eigenvalue weighted by Gasteiger charge is -2.30. The van der Waals surface area contributed by atoms with Crippen molar-refractivity contribution < 1.29 is 34.1 Å². The molecule has 1 aliphatic rings. The number of rotatable bonds is 10. The number of aliphatic carboxylic acids is 2. The number of aryl methyl sites for hydroxylation is 2. The van der Waals surface area contributed by atoms with Crippen molar-refractivity contribution in [2.75, 3.05) is 5.32 Å². The first-order valence-corrected chi connectivity index (χ1v) is 11.5. The average molecular weight is 483 g/mol. The molecule has 0 aliphatic heterocycles. The Kier molecular flexibility index (Phi) is 8.11. The number of nitrogens with one attached hydrogen (secondary N) is 2. The molecule has 0 saturated heterocycles. The Balaban J connectivity index is 1.65. The number of amides is 2. The molecule has 2 aromatic carbocycles. The van der Waals surface area contributed by atoms with Crippen LogP contribution in [-0.4, -0.2) is 45.6 Å². The number of benzene rings is 2. The van der Waals surface area contributed by atoms with Crippen LogP contribution in [0.25, 0.3) is 0 Å². The predicted molar refractivity (Wildman–Crippen MR) is 128 cm³/mol. The van der Waals surface area contributed by atoms with Crippen LogP contribution in [-0.2, 0) is 25.6 Å². The monoisotopic (exact) mass is 482 g/mol. The maximum absolute atomic E-state index is 13.0. The van der Waals surface area contributed by atoms with Crippen molar-refractivity contribution in [2.24, 2.45) is 0 Å². The maximum atomic E-state index is 13.0. The van der Waals surface area contributed by atoms with E-state index in [1.807, 2.05) is 32.0 Å². The van der Waals surface area contributed by atoms with E-state index in [1.54, 1.807) is 24.3 Å². The lowest BCUT2D eigenvalue weighted by Crippen LogP contribution is -2.54. The first-order chi connectivity index (χ1) is 16.6. The fraction of sp³-hybridized carbons (Fsp3) is 0.385. The Morgan fingerprint density at radius 1 is 0.971 bits per heavy atom. The molecule has 9 heteroatoms. The Bertz CT molecular complexity index is 1080. The van der Waals surface area contributed by atoms with Crippen LogP contribution in [0.3, 0.4) is 0 Å². The van der Waals surface area contributed by atoms with Crippen LogP contribution in [0.15, 0.2) is 42.5 Å². The molecule has 0 bridgehead atoms. The molecule has 0 heterocycles. The highest BCUT2D eigenvalue weighted by atomic mass is 16.5. The Hall–Kier alpha value is -3.88. The van der Waals surface area contributed by atoms with Gasteiger partial charge in [-0.15, -0.1) is 0 Å². The topological polar surface area (TPSA) is 142 Å². The predicted octanol–water partition coefficient (Wildman–Crippen LogP) is 3.22. The molecule has 186 valence electrons. The van der Waals surface area contributed by atoms with Crippen molar-refractivity contribution >= 4 is 29.4 Å². The summed E-state index contributed by atoms with van der Waals surface area (Å²) < 4.78 is 6.04. The second kappa shape index (κ2) is 11.0. The summed E-state index contributed by atoms with van der Waals surface area (Å²) in [5.74, 6) is -3.13. The summed E-state index contributed by atoms with van der Waals surface area (Å²) in [6.45, 7) is 3.93. The van der Waals surface area contributed by atoms with Crippen molar-refractivity contribution in [1.29, 1.82) is 0 Å². The van der Waals surface area contributed by atoms with Crippen molar-refractivity contribution in [2.45, 2.75) is 64.0 Å². The van der Waals surface area contributed by atoms with E-state index < -0.39 is 35.9 Å². The number of anilines is 1. The summed E-state index contributed by atoms with van der Waals surface area (Å²) in [7, 11) is 0. The van der Waals surface area contributed by atoms with Gasteiger partial charge in [-0.25, -0.2) is 4.79 Å². The SMILES string of the molecule is Cc1cc(C)cc(NC(=O)Cc2ccc(OC3(C(=O)N[C@@H](CC(=O)O)C(=O)O)CCCC3)cc2)c1. The maximum Gasteiger partial charge on any atom is 0.326 e. The van der Waals surface area contributed by atoms with Crippen LogP contribution < -0.4 is 15.4 Å². The molecule has 1 fully saturated rings. The molecular formula is C26H30N2O7. The van der Waals surface area contributed by atoms with Gasteiger partial charge < -0.3 is 25.6 Å². The van der Waals surface area contributed by atoms with E-state index in [4.69, 9.17) is 9.84 Å². The van der Waals surface area contributed by atoms with E-state index in [9.17, 15) is 24.3 Å². The molecular weight excluding hydrogens is 452 g/mol. The third kappa shape index (κ3) is 7.05. The van der Waals surface area contributed by atoms with Gasteiger partial charge in [-0.2, -0.15) is 0 Å². The van der Waals surface area contributed by atoms with Gasteiger partial charge >= 0.3 is 11.9 Å². The normalized spacial score (nSPS) is 15.1. The zero-order valence-electron chi connectivity index (χ0n) is 19.8. The van der Waals surface area contributed by atoms with Gasteiger partial charge in [0.05, 0.1) is 12.8 Å². The van der Waals surface area contributed by atoms with Crippen molar-refractivity contribution in [3.05, 3.63) is 59.2 Å². The standard InChI is InChI=1S/C26H30N2O7/c1-16-11-17(2)13-19(12-16)27-22(29)14-18-5-7-20(8-6-18)35-26(9-3-4-10-26)25(34)28-21(24(32)33)15-23(30)31/h5-8,11-13,21H,3-4,9-10,14-15H2,1-2H3,(H,27,29)(H,28,34)(H,30,31)(H,32,33)/t21-/m0/s1.